The van der Waals surface area contributed by atoms with Gasteiger partial charge >= 0.3 is 0 Å². The number of likely N-dealkylation sites (N-methyl/N-ethyl adjacent to an activating group) is 1. The minimum Gasteiger partial charge on any atom is -0.506 e. The van der Waals surface area contributed by atoms with E-state index >= 15 is 0 Å². The van der Waals surface area contributed by atoms with Crippen LogP contribution in [0.5, 0.6) is 5.75 Å². The van der Waals surface area contributed by atoms with Crippen LogP contribution in [0, 0.1) is 28.5 Å². The second kappa shape index (κ2) is 4.87. The molecular weight excluding hydrogens is 249 g/mol. The van der Waals surface area contributed by atoms with E-state index in [-0.39, 0.29) is 17.9 Å². The zero-order valence-corrected chi connectivity index (χ0v) is 10.1. The zero-order valence-electron chi connectivity index (χ0n) is 10.1. The third kappa shape index (κ3) is 2.29. The van der Waals surface area contributed by atoms with Gasteiger partial charge in [0.25, 0.3) is 0 Å². The molecule has 0 saturated heterocycles. The van der Waals surface area contributed by atoms with Gasteiger partial charge in [0.05, 0.1) is 12.2 Å². The van der Waals surface area contributed by atoms with Gasteiger partial charge in [-0.25, -0.2) is 4.39 Å². The van der Waals surface area contributed by atoms with E-state index in [4.69, 9.17) is 15.3 Å². The van der Waals surface area contributed by atoms with Crippen LogP contribution in [0.3, 0.4) is 0 Å². The number of allylic oxidation sites excluding steroid dienone is 1. The van der Waals surface area contributed by atoms with Gasteiger partial charge in [-0.1, -0.05) is 0 Å². The van der Waals surface area contributed by atoms with E-state index in [0.717, 1.165) is 0 Å². The Hall–Kier alpha value is -2.73. The monoisotopic (exact) mass is 259 g/mol. The Morgan fingerprint density at radius 2 is 2.16 bits per heavy atom. The first-order valence-corrected chi connectivity index (χ1v) is 5.47. The summed E-state index contributed by atoms with van der Waals surface area (Å²) in [5.41, 5.74) is 0.170. The number of aliphatic hydroxyl groups excluding tert-OH is 1. The van der Waals surface area contributed by atoms with Crippen molar-refractivity contribution < 1.29 is 14.2 Å². The first kappa shape index (κ1) is 12.7. The number of hydrogen-bond acceptors (Lipinski definition) is 5. The smallest absolute Gasteiger partial charge is 0.175 e. The lowest BCUT2D eigenvalue weighted by Crippen LogP contribution is -2.39. The number of halogens is 1. The van der Waals surface area contributed by atoms with E-state index in [9.17, 15) is 9.50 Å². The Bertz CT molecular complexity index is 612. The molecule has 1 aromatic rings. The van der Waals surface area contributed by atoms with E-state index in [1.165, 1.54) is 18.2 Å². The highest BCUT2D eigenvalue weighted by Crippen LogP contribution is 2.34. The van der Waals surface area contributed by atoms with Gasteiger partial charge < -0.3 is 14.7 Å². The normalized spacial score (nSPS) is 16.6. The lowest BCUT2D eigenvalue weighted by atomic mass is 10.1. The third-order valence-corrected chi connectivity index (χ3v) is 2.83. The van der Waals surface area contributed by atoms with Crippen LogP contribution in [0.1, 0.15) is 0 Å². The van der Waals surface area contributed by atoms with Gasteiger partial charge in [0.1, 0.15) is 23.7 Å². The summed E-state index contributed by atoms with van der Waals surface area (Å²) in [5, 5.41) is 27.3. The molecule has 6 heteroatoms. The number of benzene rings is 1. The third-order valence-electron chi connectivity index (χ3n) is 2.83. The van der Waals surface area contributed by atoms with Gasteiger partial charge in [-0.2, -0.15) is 10.5 Å². The van der Waals surface area contributed by atoms with Crippen LogP contribution in [0.15, 0.2) is 29.5 Å². The van der Waals surface area contributed by atoms with Gasteiger partial charge in [0.15, 0.2) is 17.4 Å². The summed E-state index contributed by atoms with van der Waals surface area (Å²) < 4.78 is 18.6. The molecule has 96 valence electrons. The van der Waals surface area contributed by atoms with Crippen molar-refractivity contribution in [1.29, 1.82) is 10.5 Å². The molecule has 0 aromatic heterocycles. The topological polar surface area (TPSA) is 80.3 Å². The van der Waals surface area contributed by atoms with Crippen LogP contribution in [0.2, 0.25) is 0 Å². The van der Waals surface area contributed by atoms with Crippen LogP contribution < -0.4 is 9.64 Å². The van der Waals surface area contributed by atoms with Crippen molar-refractivity contribution in [2.75, 3.05) is 18.5 Å². The molecule has 0 amide bonds. The maximum absolute atomic E-state index is 13.1. The van der Waals surface area contributed by atoms with Crippen molar-refractivity contribution in [3.63, 3.8) is 0 Å². The quantitative estimate of drug-likeness (QED) is 0.615. The average molecular weight is 259 g/mol. The summed E-state index contributed by atoms with van der Waals surface area (Å²) in [6, 6.07) is 7.22. The molecule has 1 unspecified atom stereocenters. The molecule has 0 bridgehead atoms. The van der Waals surface area contributed by atoms with Crippen molar-refractivity contribution in [3.8, 4) is 17.9 Å². The van der Waals surface area contributed by atoms with Crippen LogP contribution in [-0.4, -0.2) is 24.8 Å². The van der Waals surface area contributed by atoms with E-state index in [1.807, 2.05) is 0 Å². The number of rotatable bonds is 1. The Morgan fingerprint density at radius 1 is 1.47 bits per heavy atom. The highest BCUT2D eigenvalue weighted by Gasteiger charge is 2.28. The largest absolute Gasteiger partial charge is 0.506 e. The Labute approximate surface area is 109 Å². The molecule has 19 heavy (non-hydrogen) atoms. The van der Waals surface area contributed by atoms with Crippen LogP contribution in [-0.2, 0) is 0 Å². The summed E-state index contributed by atoms with van der Waals surface area (Å²) in [4.78, 5) is 1.69. The molecule has 1 heterocycles. The summed E-state index contributed by atoms with van der Waals surface area (Å²) >= 11 is 0. The maximum Gasteiger partial charge on any atom is 0.175 e. The Morgan fingerprint density at radius 3 is 2.79 bits per heavy atom. The lowest BCUT2D eigenvalue weighted by Gasteiger charge is -2.33. The molecule has 1 aromatic carbocycles. The van der Waals surface area contributed by atoms with Gasteiger partial charge in [0.2, 0.25) is 0 Å². The van der Waals surface area contributed by atoms with Crippen LogP contribution in [0.25, 0.3) is 0 Å². The van der Waals surface area contributed by atoms with Crippen LogP contribution in [0.4, 0.5) is 10.1 Å². The summed E-state index contributed by atoms with van der Waals surface area (Å²) in [5.74, 6) is -0.407. The molecule has 1 aliphatic rings. The van der Waals surface area contributed by atoms with E-state index in [0.29, 0.717) is 11.4 Å². The van der Waals surface area contributed by atoms with Crippen molar-refractivity contribution in [3.05, 3.63) is 35.3 Å². The molecule has 0 fully saturated rings. The van der Waals surface area contributed by atoms with Gasteiger partial charge in [-0.05, 0) is 12.1 Å². The van der Waals surface area contributed by atoms with E-state index < -0.39 is 11.9 Å². The number of nitrogens with zero attached hydrogens (tertiary/aromatic N) is 3. The molecule has 1 aliphatic heterocycles. The van der Waals surface area contributed by atoms with E-state index in [2.05, 4.69) is 0 Å². The molecule has 2 rings (SSSR count). The highest BCUT2D eigenvalue weighted by atomic mass is 19.1. The fraction of sp³-hybridized carbons (Fsp3) is 0.231. The zero-order chi connectivity index (χ0) is 14.0. The highest BCUT2D eigenvalue weighted by molar-refractivity contribution is 5.60. The molecule has 5 nitrogen and oxygen atoms in total. The average Bonchev–Trinajstić information content (AvgIpc) is 2.40. The predicted octanol–water partition coefficient (Wildman–Crippen LogP) is 1.88. The molecule has 0 saturated carbocycles. The van der Waals surface area contributed by atoms with Gasteiger partial charge in [-0.3, -0.25) is 0 Å². The molecular formula is C13H10FN3O2. The summed E-state index contributed by atoms with van der Waals surface area (Å²) in [7, 11) is 1.71. The Balaban J connectivity index is 2.38. The summed E-state index contributed by atoms with van der Waals surface area (Å²) in [6.45, 7) is 0.217. The lowest BCUT2D eigenvalue weighted by molar-refractivity contribution is 0.170. The maximum atomic E-state index is 13.1. The second-order valence-electron chi connectivity index (χ2n) is 4.08. The molecule has 0 spiro atoms. The number of fused-ring (bicyclic) bond motifs is 1. The molecule has 0 radical (unpaired) electrons. The minimum absolute atomic E-state index is 0.217. The van der Waals surface area contributed by atoms with Crippen molar-refractivity contribution in [2.45, 2.75) is 6.10 Å². The summed E-state index contributed by atoms with van der Waals surface area (Å²) in [6.07, 6.45) is -0.822. The number of hydrogen-bond donors (Lipinski definition) is 1. The first-order valence-electron chi connectivity index (χ1n) is 5.47. The number of nitriles is 2. The second-order valence-corrected chi connectivity index (χ2v) is 4.08. The molecule has 1 atom stereocenters. The molecule has 0 aliphatic carbocycles. The van der Waals surface area contributed by atoms with Gasteiger partial charge in [-0.15, -0.1) is 0 Å². The fourth-order valence-corrected chi connectivity index (χ4v) is 1.87. The fourth-order valence-electron chi connectivity index (χ4n) is 1.87. The van der Waals surface area contributed by atoms with Crippen molar-refractivity contribution >= 4 is 5.69 Å². The van der Waals surface area contributed by atoms with Crippen molar-refractivity contribution in [2.24, 2.45) is 0 Å². The first-order chi connectivity index (χ1) is 9.06. The number of anilines is 1. The predicted molar refractivity (Wildman–Crippen MR) is 65.0 cm³/mol. The van der Waals surface area contributed by atoms with Gasteiger partial charge in [0, 0.05) is 13.1 Å². The minimum atomic E-state index is -0.822. The van der Waals surface area contributed by atoms with Crippen LogP contribution >= 0.6 is 0 Å². The van der Waals surface area contributed by atoms with Crippen molar-refractivity contribution in [1.82, 2.24) is 0 Å². The Kier molecular flexibility index (Phi) is 3.26. The number of ether oxygens (including phenoxy) is 1. The standard InChI is InChI=1S/C13H10FN3O2/c1-17-7-12(13(18)8(5-15)6-16)19-11-3-2-9(14)4-10(11)17/h2-4,12,18H,7H2,1H3. The van der Waals surface area contributed by atoms with E-state index in [1.54, 1.807) is 24.1 Å². The molecule has 1 N–H and O–H groups in total. The SMILES string of the molecule is CN1CC(C(O)=C(C#N)C#N)Oc2ccc(F)cc21. The number of aliphatic hydroxyl groups is 1.